The van der Waals surface area contributed by atoms with Gasteiger partial charge in [0.15, 0.2) is 0 Å². The van der Waals surface area contributed by atoms with E-state index in [4.69, 9.17) is 10.1 Å². The molecule has 0 aromatic carbocycles. The number of amides is 2. The minimum absolute atomic E-state index is 0.0864. The highest BCUT2D eigenvalue weighted by Gasteiger charge is 2.24. The summed E-state index contributed by atoms with van der Waals surface area (Å²) >= 11 is 2.67. The summed E-state index contributed by atoms with van der Waals surface area (Å²) in [5.74, 6) is 0. The van der Waals surface area contributed by atoms with E-state index in [9.17, 15) is 4.79 Å². The average Bonchev–Trinajstić information content (AvgIpc) is 2.47. The molecule has 0 heterocycles. The average molecular weight is 322 g/mol. The maximum absolute atomic E-state index is 12.3. The lowest BCUT2D eigenvalue weighted by molar-refractivity contribution is 0.203. The van der Waals surface area contributed by atoms with Crippen LogP contribution < -0.4 is 0 Å². The zero-order chi connectivity index (χ0) is 15.4. The summed E-state index contributed by atoms with van der Waals surface area (Å²) < 4.78 is 6.46. The predicted molar refractivity (Wildman–Crippen MR) is 89.1 cm³/mol. The molecule has 0 bridgehead atoms. The van der Waals surface area contributed by atoms with E-state index in [2.05, 4.69) is 6.92 Å². The molecule has 0 spiro atoms. The molecule has 5 nitrogen and oxygen atoms in total. The Morgan fingerprint density at radius 2 is 1.65 bits per heavy atom. The second-order valence-corrected chi connectivity index (χ2v) is 6.03. The number of hydrogen-bond donors (Lipinski definition) is 1. The second-order valence-electron chi connectivity index (χ2n) is 4.33. The number of urea groups is 1. The van der Waals surface area contributed by atoms with E-state index in [1.54, 1.807) is 3.71 Å². The van der Waals surface area contributed by atoms with Gasteiger partial charge in [0.1, 0.15) is 0 Å². The lowest BCUT2D eigenvalue weighted by Crippen LogP contribution is -2.42. The topological polar surface area (TPSA) is 56.6 Å². The highest BCUT2D eigenvalue weighted by molar-refractivity contribution is 8.12. The first-order chi connectivity index (χ1) is 9.62. The number of rotatable bonds is 9. The highest BCUT2D eigenvalue weighted by atomic mass is 32.2. The maximum Gasteiger partial charge on any atom is 0.348 e. The summed E-state index contributed by atoms with van der Waals surface area (Å²) in [7, 11) is 1.42. The van der Waals surface area contributed by atoms with Crippen molar-refractivity contribution in [3.63, 3.8) is 0 Å². The van der Waals surface area contributed by atoms with E-state index in [1.165, 1.54) is 61.6 Å². The van der Waals surface area contributed by atoms with Crippen molar-refractivity contribution in [3.8, 4) is 0 Å². The number of nitrogens with one attached hydrogen (secondary N) is 1. The molecule has 0 unspecified atom stereocenters. The van der Waals surface area contributed by atoms with Crippen molar-refractivity contribution in [2.75, 3.05) is 26.2 Å². The third-order valence-electron chi connectivity index (χ3n) is 2.89. The summed E-state index contributed by atoms with van der Waals surface area (Å²) in [5.41, 5.74) is 0. The molecule has 2 amide bonds. The van der Waals surface area contributed by atoms with Crippen LogP contribution in [0.25, 0.3) is 0 Å². The van der Waals surface area contributed by atoms with Gasteiger partial charge in [-0.2, -0.15) is 0 Å². The molecule has 0 aliphatic rings. The number of hydrogen-bond acceptors (Lipinski definition) is 5. The molecule has 1 N–H and O–H groups in total. The number of methoxy groups -OCH3 is 1. The van der Waals surface area contributed by atoms with Crippen LogP contribution in [-0.4, -0.2) is 46.8 Å². The van der Waals surface area contributed by atoms with Crippen molar-refractivity contribution in [1.29, 1.82) is 5.41 Å². The van der Waals surface area contributed by atoms with Gasteiger partial charge in [-0.25, -0.2) is 13.4 Å². The number of carbonyl (C=O) groups excluding carboxylic acids is 1. The predicted octanol–water partition coefficient (Wildman–Crippen LogP) is 4.21. The first-order valence-corrected chi connectivity index (χ1v) is 9.31. The molecule has 0 atom stereocenters. The van der Waals surface area contributed by atoms with Crippen molar-refractivity contribution >= 4 is 35.9 Å². The summed E-state index contributed by atoms with van der Waals surface area (Å²) in [6.45, 7) is 2.73. The normalized spacial score (nSPS) is 10.2. The third kappa shape index (κ3) is 7.28. The molecule has 0 radical (unpaired) electrons. The van der Waals surface area contributed by atoms with Crippen LogP contribution in [0.15, 0.2) is 0 Å². The van der Waals surface area contributed by atoms with E-state index >= 15 is 0 Å². The van der Waals surface area contributed by atoms with Gasteiger partial charge in [0.05, 0.1) is 7.11 Å². The van der Waals surface area contributed by atoms with Crippen LogP contribution in [0.3, 0.4) is 0 Å². The second kappa shape index (κ2) is 12.2. The molecule has 0 aromatic heterocycles. The molecule has 0 saturated carbocycles. The summed E-state index contributed by atoms with van der Waals surface area (Å²) in [6, 6.07) is -0.290. The van der Waals surface area contributed by atoms with Crippen LogP contribution in [0, 0.1) is 5.41 Å². The molecule has 0 aliphatic heterocycles. The van der Waals surface area contributed by atoms with Gasteiger partial charge in [-0.05, 0) is 30.3 Å². The lowest BCUT2D eigenvalue weighted by Gasteiger charge is -2.26. The Morgan fingerprint density at radius 1 is 1.10 bits per heavy atom. The van der Waals surface area contributed by atoms with E-state index in [0.29, 0.717) is 6.54 Å². The highest BCUT2D eigenvalue weighted by Crippen LogP contribution is 2.20. The van der Waals surface area contributed by atoms with Crippen LogP contribution in [0.4, 0.5) is 4.79 Å². The van der Waals surface area contributed by atoms with Gasteiger partial charge >= 0.3 is 6.03 Å². The number of nitrogens with zero attached hydrogens (tertiary/aromatic N) is 2. The largest absolute Gasteiger partial charge is 0.468 e. The Balaban J connectivity index is 4.29. The van der Waals surface area contributed by atoms with Crippen LogP contribution in [0.2, 0.25) is 0 Å². The minimum Gasteiger partial charge on any atom is -0.468 e. The fourth-order valence-electron chi connectivity index (χ4n) is 1.77. The summed E-state index contributed by atoms with van der Waals surface area (Å²) in [4.78, 5) is 13.7. The van der Waals surface area contributed by atoms with Gasteiger partial charge in [-0.3, -0.25) is 5.41 Å². The molecule has 20 heavy (non-hydrogen) atoms. The Hall–Kier alpha value is -0.560. The molecule has 0 saturated heterocycles. The molecule has 0 fully saturated rings. The third-order valence-corrected chi connectivity index (χ3v) is 4.76. The van der Waals surface area contributed by atoms with Gasteiger partial charge in [-0.1, -0.05) is 39.0 Å². The Bertz CT molecular complexity index is 287. The van der Waals surface area contributed by atoms with E-state index in [1.807, 2.05) is 12.5 Å². The molecular weight excluding hydrogens is 294 g/mol. The summed E-state index contributed by atoms with van der Waals surface area (Å²) in [5, 5.41) is 7.75. The number of ether oxygens (including phenoxy) is 1. The standard InChI is InChI=1S/C13H27N3O2S2/c1-5-6-7-8-9-10-11-15(12(14)18-2)13(17)16(19-3)20-4/h14H,5-11H2,1-4H3. The monoisotopic (exact) mass is 321 g/mol. The zero-order valence-electron chi connectivity index (χ0n) is 13.0. The summed E-state index contributed by atoms with van der Waals surface area (Å²) in [6.07, 6.45) is 10.6. The van der Waals surface area contributed by atoms with E-state index in [-0.39, 0.29) is 12.1 Å². The Morgan fingerprint density at radius 3 is 2.15 bits per heavy atom. The van der Waals surface area contributed by atoms with Crippen LogP contribution >= 0.6 is 23.9 Å². The number of amidine groups is 1. The zero-order valence-corrected chi connectivity index (χ0v) is 14.6. The van der Waals surface area contributed by atoms with E-state index in [0.717, 1.165) is 12.8 Å². The van der Waals surface area contributed by atoms with Crippen LogP contribution in [0.1, 0.15) is 45.4 Å². The van der Waals surface area contributed by atoms with Gasteiger partial charge in [0.2, 0.25) is 0 Å². The molecule has 118 valence electrons. The van der Waals surface area contributed by atoms with E-state index < -0.39 is 0 Å². The molecule has 0 aliphatic carbocycles. The van der Waals surface area contributed by atoms with Crippen molar-refractivity contribution in [2.45, 2.75) is 45.4 Å². The van der Waals surface area contributed by atoms with Gasteiger partial charge in [0, 0.05) is 19.1 Å². The Kier molecular flexibility index (Phi) is 11.9. The fourth-order valence-corrected chi connectivity index (χ4v) is 2.88. The van der Waals surface area contributed by atoms with Crippen LogP contribution in [-0.2, 0) is 4.74 Å². The molecular formula is C13H27N3O2S2. The fraction of sp³-hybridized carbons (Fsp3) is 0.846. The number of carbonyl (C=O) groups is 1. The van der Waals surface area contributed by atoms with Gasteiger partial charge in [-0.15, -0.1) is 0 Å². The maximum atomic E-state index is 12.3. The van der Waals surface area contributed by atoms with Gasteiger partial charge in [0.25, 0.3) is 6.02 Å². The Labute approximate surface area is 131 Å². The lowest BCUT2D eigenvalue weighted by atomic mass is 10.1. The first kappa shape index (κ1) is 19.4. The minimum atomic E-state index is -0.203. The molecule has 0 aromatic rings. The van der Waals surface area contributed by atoms with Gasteiger partial charge < -0.3 is 4.74 Å². The smallest absolute Gasteiger partial charge is 0.348 e. The van der Waals surface area contributed by atoms with Crippen molar-refractivity contribution in [1.82, 2.24) is 8.61 Å². The van der Waals surface area contributed by atoms with Crippen molar-refractivity contribution < 1.29 is 9.53 Å². The SMILES string of the molecule is CCCCCCCCN(C(=N)OC)C(=O)N(SC)SC. The van der Waals surface area contributed by atoms with Crippen LogP contribution in [0.5, 0.6) is 0 Å². The molecule has 0 rings (SSSR count). The van der Waals surface area contributed by atoms with Crippen molar-refractivity contribution in [2.24, 2.45) is 0 Å². The molecule has 7 heteroatoms. The quantitative estimate of drug-likeness (QED) is 0.299. The number of unbranched alkanes of at least 4 members (excludes halogenated alkanes) is 5. The van der Waals surface area contributed by atoms with Crippen molar-refractivity contribution in [3.05, 3.63) is 0 Å². The first-order valence-electron chi connectivity index (χ1n) is 6.94.